The van der Waals surface area contributed by atoms with E-state index < -0.39 is 0 Å². The summed E-state index contributed by atoms with van der Waals surface area (Å²) in [6, 6.07) is 4.02. The Hall–Kier alpha value is -1.03. The Labute approximate surface area is 129 Å². The van der Waals surface area contributed by atoms with Gasteiger partial charge in [-0.05, 0) is 73.2 Å². The summed E-state index contributed by atoms with van der Waals surface area (Å²) in [5, 5.41) is 3.36. The summed E-state index contributed by atoms with van der Waals surface area (Å²) in [5.74, 6) is 0.205. The monoisotopic (exact) mass is 338 g/mol. The van der Waals surface area contributed by atoms with Gasteiger partial charge in [0.15, 0.2) is 0 Å². The van der Waals surface area contributed by atoms with E-state index in [1.54, 1.807) is 0 Å². The molecule has 0 radical (unpaired) electrons. The van der Waals surface area contributed by atoms with Gasteiger partial charge in [-0.1, -0.05) is 6.07 Å². The minimum Gasteiger partial charge on any atom is -0.373 e. The molecular weight excluding hydrogens is 316 g/mol. The van der Waals surface area contributed by atoms with Gasteiger partial charge in [0.05, 0.1) is 5.69 Å². The predicted molar refractivity (Wildman–Crippen MR) is 87.1 cm³/mol. The quantitative estimate of drug-likeness (QED) is 0.906. The van der Waals surface area contributed by atoms with Gasteiger partial charge in [-0.15, -0.1) is 0 Å². The Morgan fingerprint density at radius 3 is 2.50 bits per heavy atom. The van der Waals surface area contributed by atoms with Crippen LogP contribution >= 0.6 is 15.9 Å². The number of halogens is 1. The van der Waals surface area contributed by atoms with Crippen LogP contribution in [0.4, 0.5) is 5.69 Å². The minimum atomic E-state index is -0.189. The molecule has 1 fully saturated rings. The fraction of sp³-hybridized carbons (Fsp3) is 0.562. The number of benzene rings is 1. The molecule has 1 aliphatic rings. The average molecular weight is 339 g/mol. The standard InChI is InChI=1S/C16H23BrN2O/c1-11-9-12(2)15(14(17)10-11)18-13(3)16(20)19-7-5-4-6-8-19/h9-10,13,18H,4-8H2,1-3H3. The maximum atomic E-state index is 12.4. The molecule has 1 saturated heterocycles. The molecule has 1 N–H and O–H groups in total. The highest BCUT2D eigenvalue weighted by Gasteiger charge is 2.22. The van der Waals surface area contributed by atoms with Crippen LogP contribution in [0.15, 0.2) is 16.6 Å². The summed E-state index contributed by atoms with van der Waals surface area (Å²) in [5.41, 5.74) is 3.40. The summed E-state index contributed by atoms with van der Waals surface area (Å²) >= 11 is 3.58. The van der Waals surface area contributed by atoms with Crippen molar-refractivity contribution in [2.45, 2.75) is 46.1 Å². The molecule has 0 saturated carbocycles. The van der Waals surface area contributed by atoms with Crippen molar-refractivity contribution in [2.75, 3.05) is 18.4 Å². The predicted octanol–water partition coefficient (Wildman–Crippen LogP) is 3.88. The van der Waals surface area contributed by atoms with Crippen molar-refractivity contribution < 1.29 is 4.79 Å². The molecule has 2 rings (SSSR count). The number of piperidine rings is 1. The number of aryl methyl sites for hydroxylation is 2. The fourth-order valence-electron chi connectivity index (χ4n) is 2.76. The number of anilines is 1. The number of rotatable bonds is 3. The second kappa shape index (κ2) is 6.61. The first-order valence-electron chi connectivity index (χ1n) is 7.31. The molecule has 1 aromatic rings. The lowest BCUT2D eigenvalue weighted by Crippen LogP contribution is -2.44. The van der Waals surface area contributed by atoms with Crippen LogP contribution in [0.5, 0.6) is 0 Å². The number of nitrogens with one attached hydrogen (secondary N) is 1. The molecule has 1 atom stereocenters. The van der Waals surface area contributed by atoms with Crippen LogP contribution in [0.25, 0.3) is 0 Å². The number of nitrogens with zero attached hydrogens (tertiary/aromatic N) is 1. The Morgan fingerprint density at radius 1 is 1.25 bits per heavy atom. The van der Waals surface area contributed by atoms with Crippen LogP contribution in [0.3, 0.4) is 0 Å². The van der Waals surface area contributed by atoms with Crippen LogP contribution in [-0.4, -0.2) is 29.9 Å². The van der Waals surface area contributed by atoms with E-state index in [2.05, 4.69) is 47.2 Å². The number of carbonyl (C=O) groups excluding carboxylic acids is 1. The van der Waals surface area contributed by atoms with Gasteiger partial charge in [-0.3, -0.25) is 4.79 Å². The molecule has 20 heavy (non-hydrogen) atoms. The van der Waals surface area contributed by atoms with E-state index >= 15 is 0 Å². The third kappa shape index (κ3) is 3.54. The second-order valence-electron chi connectivity index (χ2n) is 5.69. The topological polar surface area (TPSA) is 32.3 Å². The third-order valence-corrected chi connectivity index (χ3v) is 4.46. The van der Waals surface area contributed by atoms with Gasteiger partial charge >= 0.3 is 0 Å². The van der Waals surface area contributed by atoms with Gasteiger partial charge in [0.1, 0.15) is 6.04 Å². The molecule has 4 heteroatoms. The Balaban J connectivity index is 2.07. The second-order valence-corrected chi connectivity index (χ2v) is 6.54. The molecule has 1 heterocycles. The molecule has 0 bridgehead atoms. The van der Waals surface area contributed by atoms with Crippen LogP contribution in [0.1, 0.15) is 37.3 Å². The highest BCUT2D eigenvalue weighted by Crippen LogP contribution is 2.28. The molecule has 110 valence electrons. The number of hydrogen-bond acceptors (Lipinski definition) is 2. The summed E-state index contributed by atoms with van der Waals surface area (Å²) in [6.07, 6.45) is 3.51. The number of hydrogen-bond donors (Lipinski definition) is 1. The lowest BCUT2D eigenvalue weighted by Gasteiger charge is -2.30. The maximum absolute atomic E-state index is 12.4. The Kier molecular flexibility index (Phi) is 5.08. The first kappa shape index (κ1) is 15.4. The zero-order valence-electron chi connectivity index (χ0n) is 12.5. The van der Waals surface area contributed by atoms with Crippen molar-refractivity contribution in [3.63, 3.8) is 0 Å². The highest BCUT2D eigenvalue weighted by atomic mass is 79.9. The van der Waals surface area contributed by atoms with E-state index in [1.807, 2.05) is 11.8 Å². The third-order valence-electron chi connectivity index (χ3n) is 3.83. The number of amides is 1. The highest BCUT2D eigenvalue weighted by molar-refractivity contribution is 9.10. The Bertz CT molecular complexity index is 472. The minimum absolute atomic E-state index is 0.189. The van der Waals surface area contributed by atoms with E-state index in [1.165, 1.54) is 12.0 Å². The van der Waals surface area contributed by atoms with Gasteiger partial charge in [-0.2, -0.15) is 0 Å². The van der Waals surface area contributed by atoms with Crippen LogP contribution in [0, 0.1) is 13.8 Å². The van der Waals surface area contributed by atoms with Gasteiger partial charge < -0.3 is 10.2 Å². The van der Waals surface area contributed by atoms with Crippen molar-refractivity contribution in [3.8, 4) is 0 Å². The van der Waals surface area contributed by atoms with E-state index in [9.17, 15) is 4.79 Å². The van der Waals surface area contributed by atoms with Gasteiger partial charge in [0.2, 0.25) is 5.91 Å². The normalized spacial score (nSPS) is 16.9. The molecule has 0 aliphatic carbocycles. The van der Waals surface area contributed by atoms with E-state index in [-0.39, 0.29) is 11.9 Å². The molecule has 3 nitrogen and oxygen atoms in total. The Morgan fingerprint density at radius 2 is 1.90 bits per heavy atom. The first-order valence-corrected chi connectivity index (χ1v) is 8.10. The largest absolute Gasteiger partial charge is 0.373 e. The van der Waals surface area contributed by atoms with Crippen molar-refractivity contribution >= 4 is 27.5 Å². The average Bonchev–Trinajstić information content (AvgIpc) is 2.42. The lowest BCUT2D eigenvalue weighted by atomic mass is 10.1. The molecular formula is C16H23BrN2O. The van der Waals surface area contributed by atoms with Crippen LogP contribution in [-0.2, 0) is 4.79 Å². The van der Waals surface area contributed by atoms with E-state index in [0.717, 1.165) is 41.7 Å². The number of carbonyl (C=O) groups is 1. The number of likely N-dealkylation sites (tertiary alicyclic amines) is 1. The van der Waals surface area contributed by atoms with Crippen LogP contribution in [0.2, 0.25) is 0 Å². The molecule has 1 aliphatic heterocycles. The zero-order valence-corrected chi connectivity index (χ0v) is 14.1. The molecule has 0 aromatic heterocycles. The van der Waals surface area contributed by atoms with Gasteiger partial charge in [0.25, 0.3) is 0 Å². The molecule has 1 aromatic carbocycles. The maximum Gasteiger partial charge on any atom is 0.244 e. The molecule has 1 unspecified atom stereocenters. The summed E-state index contributed by atoms with van der Waals surface area (Å²) < 4.78 is 1.02. The van der Waals surface area contributed by atoms with E-state index in [0.29, 0.717) is 0 Å². The van der Waals surface area contributed by atoms with Crippen molar-refractivity contribution in [2.24, 2.45) is 0 Å². The fourth-order valence-corrected chi connectivity index (χ4v) is 3.55. The lowest BCUT2D eigenvalue weighted by molar-refractivity contribution is -0.132. The summed E-state index contributed by atoms with van der Waals surface area (Å²) in [7, 11) is 0. The smallest absolute Gasteiger partial charge is 0.244 e. The summed E-state index contributed by atoms with van der Waals surface area (Å²) in [6.45, 7) is 7.89. The van der Waals surface area contributed by atoms with Crippen LogP contribution < -0.4 is 5.32 Å². The van der Waals surface area contributed by atoms with Crippen molar-refractivity contribution in [3.05, 3.63) is 27.7 Å². The molecule has 0 spiro atoms. The van der Waals surface area contributed by atoms with E-state index in [4.69, 9.17) is 0 Å². The first-order chi connectivity index (χ1) is 9.49. The van der Waals surface area contributed by atoms with Gasteiger partial charge in [0, 0.05) is 17.6 Å². The van der Waals surface area contributed by atoms with Crippen molar-refractivity contribution in [1.29, 1.82) is 0 Å². The molecule has 1 amide bonds. The zero-order chi connectivity index (χ0) is 14.7. The summed E-state index contributed by atoms with van der Waals surface area (Å²) in [4.78, 5) is 14.4. The SMILES string of the molecule is Cc1cc(C)c(NC(C)C(=O)N2CCCCC2)c(Br)c1. The van der Waals surface area contributed by atoms with Crippen molar-refractivity contribution in [1.82, 2.24) is 4.90 Å². The van der Waals surface area contributed by atoms with Gasteiger partial charge in [-0.25, -0.2) is 0 Å².